The summed E-state index contributed by atoms with van der Waals surface area (Å²) >= 11 is 0. The van der Waals surface area contributed by atoms with Crippen LogP contribution in [0.1, 0.15) is 30.4 Å². The van der Waals surface area contributed by atoms with Crippen molar-refractivity contribution in [3.05, 3.63) is 35.4 Å². The molecule has 0 saturated carbocycles. The summed E-state index contributed by atoms with van der Waals surface area (Å²) in [5.74, 6) is -3.56. The van der Waals surface area contributed by atoms with Gasteiger partial charge in [0.15, 0.2) is 0 Å². The molecule has 2 aliphatic rings. The van der Waals surface area contributed by atoms with Crippen LogP contribution in [0.3, 0.4) is 0 Å². The van der Waals surface area contributed by atoms with Crippen LogP contribution in [0, 0.1) is 0 Å². The number of nitrogens with one attached hydrogen (secondary N) is 1. The molecule has 1 saturated heterocycles. The Balaban J connectivity index is 1.58. The van der Waals surface area contributed by atoms with Crippen LogP contribution in [0.4, 0.5) is 4.79 Å². The number of fused-ring (bicyclic) bond motifs is 2. The van der Waals surface area contributed by atoms with Crippen LogP contribution in [-0.2, 0) is 32.1 Å². The van der Waals surface area contributed by atoms with Gasteiger partial charge >= 0.3 is 18.0 Å². The Labute approximate surface area is 166 Å². The molecule has 10 nitrogen and oxygen atoms in total. The lowest BCUT2D eigenvalue weighted by molar-refractivity contribution is -0.143. The lowest BCUT2D eigenvalue weighted by Crippen LogP contribution is -2.43. The monoisotopic (exact) mass is 403 g/mol. The molecule has 2 atom stereocenters. The molecule has 3 N–H and O–H groups in total. The highest BCUT2D eigenvalue weighted by atomic mass is 16.4. The highest BCUT2D eigenvalue weighted by Gasteiger charge is 2.46. The van der Waals surface area contributed by atoms with E-state index in [2.05, 4.69) is 5.32 Å². The number of urea groups is 1. The van der Waals surface area contributed by atoms with Crippen molar-refractivity contribution >= 4 is 29.8 Å². The number of carbonyl (C=O) groups is 5. The van der Waals surface area contributed by atoms with Crippen LogP contribution < -0.4 is 5.32 Å². The Kier molecular flexibility index (Phi) is 5.81. The van der Waals surface area contributed by atoms with Crippen molar-refractivity contribution in [1.82, 2.24) is 15.1 Å². The molecular weight excluding hydrogens is 382 g/mol. The molecule has 10 heteroatoms. The third-order valence-electron chi connectivity index (χ3n) is 5.12. The number of nitrogens with zero attached hydrogens (tertiary/aromatic N) is 2. The van der Waals surface area contributed by atoms with Crippen molar-refractivity contribution in [3.8, 4) is 0 Å². The molecule has 4 amide bonds. The van der Waals surface area contributed by atoms with E-state index < -0.39 is 42.4 Å². The number of aliphatic carboxylic acids is 2. The van der Waals surface area contributed by atoms with Gasteiger partial charge in [-0.05, 0) is 17.5 Å². The van der Waals surface area contributed by atoms with E-state index in [4.69, 9.17) is 10.2 Å². The minimum Gasteiger partial charge on any atom is -0.481 e. The van der Waals surface area contributed by atoms with Gasteiger partial charge in [0.1, 0.15) is 12.1 Å². The van der Waals surface area contributed by atoms with Crippen molar-refractivity contribution in [2.24, 2.45) is 0 Å². The summed E-state index contributed by atoms with van der Waals surface area (Å²) in [7, 11) is 0. The first-order chi connectivity index (χ1) is 13.8. The van der Waals surface area contributed by atoms with Gasteiger partial charge in [-0.3, -0.25) is 19.3 Å². The number of hydrogen-bond donors (Lipinski definition) is 3. The van der Waals surface area contributed by atoms with E-state index in [9.17, 15) is 24.0 Å². The summed E-state index contributed by atoms with van der Waals surface area (Å²) < 4.78 is 0. The Bertz CT molecular complexity index is 826. The number of amides is 4. The van der Waals surface area contributed by atoms with E-state index in [1.807, 2.05) is 24.3 Å². The van der Waals surface area contributed by atoms with Gasteiger partial charge in [0.25, 0.3) is 5.91 Å². The first-order valence-corrected chi connectivity index (χ1v) is 9.20. The number of carbonyl (C=O) groups excluding carboxylic acids is 3. The quantitative estimate of drug-likeness (QED) is 0.526. The zero-order valence-corrected chi connectivity index (χ0v) is 15.5. The van der Waals surface area contributed by atoms with E-state index in [-0.39, 0.29) is 25.3 Å². The lowest BCUT2D eigenvalue weighted by atomic mass is 9.95. The summed E-state index contributed by atoms with van der Waals surface area (Å²) in [5.41, 5.74) is 1.99. The standard InChI is InChI=1S/C19H21N3O7/c23-15(20-13(18(27)28)5-6-16(24)25)7-8-21-17(26)14-9-11-3-1-2-4-12(11)10-22(14)19(21)29/h1-4,13-14H,5-10H2,(H,20,23)(H,24,25)(H,27,28)/t13-,14+/m1/s1. The van der Waals surface area contributed by atoms with Crippen LogP contribution in [-0.4, -0.2) is 68.4 Å². The van der Waals surface area contributed by atoms with E-state index >= 15 is 0 Å². The van der Waals surface area contributed by atoms with Gasteiger partial charge < -0.3 is 20.4 Å². The molecule has 154 valence electrons. The van der Waals surface area contributed by atoms with Crippen molar-refractivity contribution in [3.63, 3.8) is 0 Å². The molecule has 0 aromatic heterocycles. The Morgan fingerprint density at radius 1 is 1.10 bits per heavy atom. The highest BCUT2D eigenvalue weighted by Crippen LogP contribution is 2.29. The molecule has 0 radical (unpaired) electrons. The van der Waals surface area contributed by atoms with Gasteiger partial charge in [0, 0.05) is 32.4 Å². The average Bonchev–Trinajstić information content (AvgIpc) is 2.91. The molecule has 0 bridgehead atoms. The second-order valence-electron chi connectivity index (χ2n) is 7.03. The molecule has 29 heavy (non-hydrogen) atoms. The Hall–Kier alpha value is -3.43. The van der Waals surface area contributed by atoms with Crippen LogP contribution in [0.25, 0.3) is 0 Å². The number of imide groups is 1. The molecule has 2 heterocycles. The normalized spacial score (nSPS) is 18.8. The third-order valence-corrected chi connectivity index (χ3v) is 5.12. The van der Waals surface area contributed by atoms with E-state index in [1.165, 1.54) is 4.90 Å². The SMILES string of the molecule is O=C(O)CC[C@@H](NC(=O)CCN1C(=O)[C@@H]2Cc3ccccc3CN2C1=O)C(=O)O. The molecule has 0 spiro atoms. The maximum Gasteiger partial charge on any atom is 0.327 e. The zero-order valence-electron chi connectivity index (χ0n) is 15.5. The van der Waals surface area contributed by atoms with E-state index in [1.54, 1.807) is 0 Å². The average molecular weight is 403 g/mol. The molecule has 3 rings (SSSR count). The second-order valence-corrected chi connectivity index (χ2v) is 7.03. The van der Waals surface area contributed by atoms with Crippen LogP contribution >= 0.6 is 0 Å². The number of carboxylic acid groups (broad SMARTS) is 2. The van der Waals surface area contributed by atoms with Gasteiger partial charge in [-0.2, -0.15) is 0 Å². The van der Waals surface area contributed by atoms with Gasteiger partial charge in [-0.1, -0.05) is 24.3 Å². The molecule has 0 unspecified atom stereocenters. The number of rotatable bonds is 8. The van der Waals surface area contributed by atoms with Crippen molar-refractivity contribution in [1.29, 1.82) is 0 Å². The second kappa shape index (κ2) is 8.29. The Morgan fingerprint density at radius 3 is 2.45 bits per heavy atom. The van der Waals surface area contributed by atoms with E-state index in [0.29, 0.717) is 13.0 Å². The summed E-state index contributed by atoms with van der Waals surface area (Å²) in [6.07, 6.45) is -0.509. The predicted octanol–water partition coefficient (Wildman–Crippen LogP) is 0.200. The minimum atomic E-state index is -1.34. The topological polar surface area (TPSA) is 144 Å². The predicted molar refractivity (Wildman–Crippen MR) is 97.6 cm³/mol. The van der Waals surface area contributed by atoms with Crippen LogP contribution in [0.2, 0.25) is 0 Å². The Morgan fingerprint density at radius 2 is 1.79 bits per heavy atom. The summed E-state index contributed by atoms with van der Waals surface area (Å²) in [6.45, 7) is 0.155. The van der Waals surface area contributed by atoms with Crippen molar-refractivity contribution < 1.29 is 34.2 Å². The maximum atomic E-state index is 12.7. The van der Waals surface area contributed by atoms with Crippen LogP contribution in [0.5, 0.6) is 0 Å². The maximum absolute atomic E-state index is 12.7. The molecule has 2 aliphatic heterocycles. The van der Waals surface area contributed by atoms with E-state index in [0.717, 1.165) is 16.0 Å². The van der Waals surface area contributed by atoms with Gasteiger partial charge in [0.05, 0.1) is 0 Å². The molecule has 1 fully saturated rings. The molecule has 0 aliphatic carbocycles. The summed E-state index contributed by atoms with van der Waals surface area (Å²) in [4.78, 5) is 61.6. The van der Waals surface area contributed by atoms with Gasteiger partial charge in [0.2, 0.25) is 5.91 Å². The summed E-state index contributed by atoms with van der Waals surface area (Å²) in [6, 6.07) is 5.16. The van der Waals surface area contributed by atoms with Gasteiger partial charge in [-0.15, -0.1) is 0 Å². The lowest BCUT2D eigenvalue weighted by Gasteiger charge is -2.28. The third kappa shape index (κ3) is 4.36. The van der Waals surface area contributed by atoms with Crippen molar-refractivity contribution in [2.75, 3.05) is 6.54 Å². The molecular formula is C19H21N3O7. The number of benzene rings is 1. The minimum absolute atomic E-state index is 0.169. The number of hydrogen-bond acceptors (Lipinski definition) is 5. The van der Waals surface area contributed by atoms with Crippen molar-refractivity contribution in [2.45, 2.75) is 44.3 Å². The molecule has 1 aromatic carbocycles. The first kappa shape index (κ1) is 20.3. The fraction of sp³-hybridized carbons (Fsp3) is 0.421. The highest BCUT2D eigenvalue weighted by molar-refractivity contribution is 6.05. The fourth-order valence-corrected chi connectivity index (χ4v) is 3.58. The number of carboxylic acids is 2. The molecule has 1 aromatic rings. The first-order valence-electron chi connectivity index (χ1n) is 9.20. The largest absolute Gasteiger partial charge is 0.481 e. The van der Waals surface area contributed by atoms with Crippen LogP contribution in [0.15, 0.2) is 24.3 Å². The fourth-order valence-electron chi connectivity index (χ4n) is 3.58. The van der Waals surface area contributed by atoms with Gasteiger partial charge in [-0.25, -0.2) is 9.59 Å². The smallest absolute Gasteiger partial charge is 0.327 e. The summed E-state index contributed by atoms with van der Waals surface area (Å²) in [5, 5.41) is 20.0. The zero-order chi connectivity index (χ0) is 21.1.